The van der Waals surface area contributed by atoms with E-state index in [1.54, 1.807) is 4.68 Å². The average molecular weight is 356 g/mol. The number of carbonyl (C=O) groups is 1. The van der Waals surface area contributed by atoms with Gasteiger partial charge in [-0.05, 0) is 52.3 Å². The smallest absolute Gasteiger partial charge is 0.220 e. The minimum absolute atomic E-state index is 0.0413. The molecule has 0 unspecified atom stereocenters. The zero-order chi connectivity index (χ0) is 18.7. The van der Waals surface area contributed by atoms with E-state index in [2.05, 4.69) is 32.3 Å². The van der Waals surface area contributed by atoms with Gasteiger partial charge in [-0.3, -0.25) is 14.4 Å². The molecule has 7 heteroatoms. The molecule has 1 atom stereocenters. The minimum Gasteiger partial charge on any atom is -0.352 e. The quantitative estimate of drug-likeness (QED) is 0.855. The van der Waals surface area contributed by atoms with Gasteiger partial charge in [0.2, 0.25) is 5.91 Å². The average Bonchev–Trinajstić information content (AvgIpc) is 3.16. The molecule has 0 radical (unpaired) electrons. The lowest BCUT2D eigenvalue weighted by atomic mass is 10.1. The van der Waals surface area contributed by atoms with Crippen molar-refractivity contribution in [2.45, 2.75) is 52.1 Å². The van der Waals surface area contributed by atoms with Gasteiger partial charge in [0.25, 0.3) is 0 Å². The molecule has 1 aliphatic rings. The third-order valence-electron chi connectivity index (χ3n) is 5.07. The molecule has 2 aromatic heterocycles. The Balaban J connectivity index is 1.60. The highest BCUT2D eigenvalue weighted by Gasteiger charge is 2.26. The van der Waals surface area contributed by atoms with E-state index < -0.39 is 0 Å². The van der Waals surface area contributed by atoms with Gasteiger partial charge in [-0.2, -0.15) is 5.10 Å². The zero-order valence-corrected chi connectivity index (χ0v) is 16.1. The summed E-state index contributed by atoms with van der Waals surface area (Å²) >= 11 is 0. The van der Waals surface area contributed by atoms with Crippen molar-refractivity contribution in [1.29, 1.82) is 0 Å². The summed E-state index contributed by atoms with van der Waals surface area (Å²) in [5, 5.41) is 7.35. The van der Waals surface area contributed by atoms with Crippen LogP contribution < -0.4 is 5.32 Å². The van der Waals surface area contributed by atoms with E-state index >= 15 is 0 Å². The summed E-state index contributed by atoms with van der Waals surface area (Å²) in [6.45, 7) is 5.45. The van der Waals surface area contributed by atoms with Gasteiger partial charge in [-0.25, -0.2) is 9.97 Å². The summed E-state index contributed by atoms with van der Waals surface area (Å²) in [5.74, 6) is 0.821. The van der Waals surface area contributed by atoms with E-state index in [1.165, 1.54) is 6.42 Å². The Kier molecular flexibility index (Phi) is 5.66. The normalized spacial score (nSPS) is 17.6. The first kappa shape index (κ1) is 18.5. The van der Waals surface area contributed by atoms with Crippen molar-refractivity contribution in [2.24, 2.45) is 7.05 Å². The number of hydrogen-bond acceptors (Lipinski definition) is 5. The lowest BCUT2D eigenvalue weighted by Gasteiger charge is -2.21. The van der Waals surface area contributed by atoms with Gasteiger partial charge in [0.15, 0.2) is 0 Å². The molecule has 0 spiro atoms. The summed E-state index contributed by atoms with van der Waals surface area (Å²) < 4.78 is 1.79. The van der Waals surface area contributed by atoms with Crippen LogP contribution in [-0.4, -0.2) is 44.1 Å². The zero-order valence-electron chi connectivity index (χ0n) is 16.1. The second kappa shape index (κ2) is 7.95. The summed E-state index contributed by atoms with van der Waals surface area (Å²) in [7, 11) is 4.03. The molecule has 3 heterocycles. The van der Waals surface area contributed by atoms with E-state index in [-0.39, 0.29) is 5.91 Å². The van der Waals surface area contributed by atoms with Gasteiger partial charge >= 0.3 is 0 Å². The number of aromatic nitrogens is 4. The van der Waals surface area contributed by atoms with E-state index in [0.717, 1.165) is 41.3 Å². The van der Waals surface area contributed by atoms with Crippen LogP contribution >= 0.6 is 0 Å². The maximum absolute atomic E-state index is 12.3. The van der Waals surface area contributed by atoms with Gasteiger partial charge in [0, 0.05) is 38.0 Å². The SMILES string of the molecule is Cc1ncc(CNC(=O)CCc2cn(C)nc2C)c([C@H]2CCCN2C)n1. The van der Waals surface area contributed by atoms with Crippen LogP contribution in [0.15, 0.2) is 12.4 Å². The van der Waals surface area contributed by atoms with Gasteiger partial charge < -0.3 is 5.32 Å². The molecule has 0 aromatic carbocycles. The number of rotatable bonds is 6. The van der Waals surface area contributed by atoms with Gasteiger partial charge in [0.1, 0.15) is 5.82 Å². The Bertz CT molecular complexity index is 784. The van der Waals surface area contributed by atoms with E-state index in [1.807, 2.05) is 33.3 Å². The van der Waals surface area contributed by atoms with Crippen LogP contribution in [-0.2, 0) is 24.8 Å². The fraction of sp³-hybridized carbons (Fsp3) is 0.579. The number of nitrogens with zero attached hydrogens (tertiary/aromatic N) is 5. The Hall–Kier alpha value is -2.28. The summed E-state index contributed by atoms with van der Waals surface area (Å²) in [5.41, 5.74) is 4.18. The second-order valence-corrected chi connectivity index (χ2v) is 7.16. The van der Waals surface area contributed by atoms with Crippen LogP contribution in [0.4, 0.5) is 0 Å². The highest BCUT2D eigenvalue weighted by atomic mass is 16.1. The minimum atomic E-state index is 0.0413. The van der Waals surface area contributed by atoms with E-state index in [9.17, 15) is 4.79 Å². The monoisotopic (exact) mass is 356 g/mol. The first-order chi connectivity index (χ1) is 12.4. The lowest BCUT2D eigenvalue weighted by Crippen LogP contribution is -2.26. The topological polar surface area (TPSA) is 75.9 Å². The van der Waals surface area contributed by atoms with Crippen molar-refractivity contribution in [1.82, 2.24) is 30.0 Å². The van der Waals surface area contributed by atoms with Crippen LogP contribution in [0.2, 0.25) is 0 Å². The predicted octanol–water partition coefficient (Wildman–Crippen LogP) is 1.84. The summed E-state index contributed by atoms with van der Waals surface area (Å²) in [4.78, 5) is 23.6. The molecule has 0 bridgehead atoms. The Labute approximate surface area is 154 Å². The number of nitrogens with one attached hydrogen (secondary N) is 1. The molecule has 140 valence electrons. The molecular weight excluding hydrogens is 328 g/mol. The third kappa shape index (κ3) is 4.27. The van der Waals surface area contributed by atoms with Crippen LogP contribution in [0.3, 0.4) is 0 Å². The fourth-order valence-electron chi connectivity index (χ4n) is 3.62. The largest absolute Gasteiger partial charge is 0.352 e. The van der Waals surface area contributed by atoms with Crippen molar-refractivity contribution in [3.05, 3.63) is 40.7 Å². The number of aryl methyl sites for hydroxylation is 4. The summed E-state index contributed by atoms with van der Waals surface area (Å²) in [6.07, 6.45) is 7.28. The van der Waals surface area contributed by atoms with Crippen LogP contribution in [0.1, 0.15) is 53.6 Å². The Morgan fingerprint density at radius 3 is 2.77 bits per heavy atom. The standard InChI is InChI=1S/C19H28N6O/c1-13-15(12-25(4)23-13)7-8-18(26)21-11-16-10-20-14(2)22-19(16)17-6-5-9-24(17)3/h10,12,17H,5-9,11H2,1-4H3,(H,21,26)/t17-/m1/s1. The van der Waals surface area contributed by atoms with Crippen molar-refractivity contribution in [3.8, 4) is 0 Å². The van der Waals surface area contributed by atoms with E-state index in [4.69, 9.17) is 0 Å². The molecule has 0 aliphatic carbocycles. The van der Waals surface area contributed by atoms with Crippen molar-refractivity contribution in [3.63, 3.8) is 0 Å². The second-order valence-electron chi connectivity index (χ2n) is 7.16. The number of carbonyl (C=O) groups excluding carboxylic acids is 1. The van der Waals surface area contributed by atoms with Crippen molar-refractivity contribution >= 4 is 5.91 Å². The van der Waals surface area contributed by atoms with Gasteiger partial charge in [-0.1, -0.05) is 0 Å². The molecule has 1 aliphatic heterocycles. The highest BCUT2D eigenvalue weighted by molar-refractivity contribution is 5.76. The Morgan fingerprint density at radius 2 is 2.12 bits per heavy atom. The van der Waals surface area contributed by atoms with Crippen molar-refractivity contribution in [2.75, 3.05) is 13.6 Å². The van der Waals surface area contributed by atoms with Gasteiger partial charge in [-0.15, -0.1) is 0 Å². The molecule has 2 aromatic rings. The lowest BCUT2D eigenvalue weighted by molar-refractivity contribution is -0.121. The maximum atomic E-state index is 12.3. The third-order valence-corrected chi connectivity index (χ3v) is 5.07. The first-order valence-corrected chi connectivity index (χ1v) is 9.22. The van der Waals surface area contributed by atoms with Crippen LogP contribution in [0, 0.1) is 13.8 Å². The molecule has 7 nitrogen and oxygen atoms in total. The molecule has 3 rings (SSSR count). The van der Waals surface area contributed by atoms with Crippen molar-refractivity contribution < 1.29 is 4.79 Å². The number of hydrogen-bond donors (Lipinski definition) is 1. The maximum Gasteiger partial charge on any atom is 0.220 e. The van der Waals surface area contributed by atoms with Gasteiger partial charge in [0.05, 0.1) is 17.4 Å². The first-order valence-electron chi connectivity index (χ1n) is 9.22. The molecule has 0 saturated carbocycles. The molecule has 1 fully saturated rings. The highest BCUT2D eigenvalue weighted by Crippen LogP contribution is 2.31. The van der Waals surface area contributed by atoms with Crippen LogP contribution in [0.25, 0.3) is 0 Å². The molecular formula is C19H28N6O. The number of amides is 1. The predicted molar refractivity (Wildman–Crippen MR) is 99.5 cm³/mol. The molecule has 26 heavy (non-hydrogen) atoms. The molecule has 1 N–H and O–H groups in total. The number of likely N-dealkylation sites (tertiary alicyclic amines) is 1. The molecule has 1 saturated heterocycles. The Morgan fingerprint density at radius 1 is 1.31 bits per heavy atom. The summed E-state index contributed by atoms with van der Waals surface area (Å²) in [6, 6.07) is 0.321. The molecule has 1 amide bonds. The van der Waals surface area contributed by atoms with Crippen LogP contribution in [0.5, 0.6) is 0 Å². The van der Waals surface area contributed by atoms with E-state index in [0.29, 0.717) is 25.4 Å². The fourth-order valence-corrected chi connectivity index (χ4v) is 3.62.